The van der Waals surface area contributed by atoms with E-state index < -0.39 is 0 Å². The molecule has 1 aromatic carbocycles. The molecular weight excluding hydrogens is 257 g/mol. The first kappa shape index (κ1) is 15.4. The lowest BCUT2D eigenvalue weighted by Crippen LogP contribution is -2.25. The van der Waals surface area contributed by atoms with Crippen molar-refractivity contribution < 1.29 is 13.9 Å². The minimum Gasteiger partial charge on any atom is -0.381 e. The number of benzene rings is 1. The van der Waals surface area contributed by atoms with Crippen molar-refractivity contribution in [3.63, 3.8) is 0 Å². The van der Waals surface area contributed by atoms with Crippen LogP contribution < -0.4 is 5.32 Å². The molecule has 0 aliphatic carbocycles. The Hall–Kier alpha value is -0.970. The lowest BCUT2D eigenvalue weighted by atomic mass is 10.1. The Labute approximate surface area is 120 Å². The van der Waals surface area contributed by atoms with E-state index in [-0.39, 0.29) is 11.9 Å². The smallest absolute Gasteiger partial charge is 0.123 e. The summed E-state index contributed by atoms with van der Waals surface area (Å²) in [5.74, 6) is 0.280. The highest BCUT2D eigenvalue weighted by Gasteiger charge is 2.19. The van der Waals surface area contributed by atoms with E-state index in [0.29, 0.717) is 12.5 Å². The van der Waals surface area contributed by atoms with E-state index in [2.05, 4.69) is 12.2 Å². The van der Waals surface area contributed by atoms with Gasteiger partial charge in [0.25, 0.3) is 0 Å². The van der Waals surface area contributed by atoms with Crippen LogP contribution >= 0.6 is 0 Å². The van der Waals surface area contributed by atoms with Gasteiger partial charge in [0.2, 0.25) is 0 Å². The van der Waals surface area contributed by atoms with Crippen LogP contribution in [0.1, 0.15) is 31.4 Å². The number of halogens is 1. The van der Waals surface area contributed by atoms with Gasteiger partial charge in [-0.25, -0.2) is 4.39 Å². The van der Waals surface area contributed by atoms with Gasteiger partial charge in [-0.3, -0.25) is 0 Å². The molecule has 0 radical (unpaired) electrons. The van der Waals surface area contributed by atoms with Crippen molar-refractivity contribution in [3.05, 3.63) is 35.6 Å². The molecule has 1 heterocycles. The Bertz CT molecular complexity index is 377. The highest BCUT2D eigenvalue weighted by molar-refractivity contribution is 5.19. The first-order valence-electron chi connectivity index (χ1n) is 7.45. The summed E-state index contributed by atoms with van der Waals surface area (Å²) in [6.45, 7) is 6.19. The van der Waals surface area contributed by atoms with Crippen LogP contribution in [0.5, 0.6) is 0 Å². The van der Waals surface area contributed by atoms with Gasteiger partial charge in [0.05, 0.1) is 19.3 Å². The van der Waals surface area contributed by atoms with Gasteiger partial charge < -0.3 is 14.8 Å². The van der Waals surface area contributed by atoms with Crippen LogP contribution in [-0.2, 0) is 9.47 Å². The second-order valence-electron chi connectivity index (χ2n) is 5.31. The van der Waals surface area contributed by atoms with Crippen molar-refractivity contribution in [1.82, 2.24) is 5.32 Å². The van der Waals surface area contributed by atoms with Crippen LogP contribution in [0.2, 0.25) is 0 Å². The Morgan fingerprint density at radius 3 is 2.85 bits per heavy atom. The predicted molar refractivity (Wildman–Crippen MR) is 77.2 cm³/mol. The second-order valence-corrected chi connectivity index (χ2v) is 5.31. The maximum absolute atomic E-state index is 13.0. The third-order valence-corrected chi connectivity index (χ3v) is 3.56. The molecule has 1 aromatic rings. The zero-order valence-electron chi connectivity index (χ0n) is 12.1. The molecule has 0 saturated carbocycles. The average Bonchev–Trinajstić information content (AvgIpc) is 2.97. The SMILES string of the molecule is CCCNCC(OCC1CCOC1)c1ccc(F)cc1. The number of hydrogen-bond donors (Lipinski definition) is 1. The van der Waals surface area contributed by atoms with E-state index >= 15 is 0 Å². The van der Waals surface area contributed by atoms with Crippen molar-refractivity contribution >= 4 is 0 Å². The van der Waals surface area contributed by atoms with Crippen LogP contribution in [0.25, 0.3) is 0 Å². The molecule has 1 aliphatic heterocycles. The van der Waals surface area contributed by atoms with Gasteiger partial charge in [0.1, 0.15) is 5.82 Å². The molecule has 0 amide bonds. The van der Waals surface area contributed by atoms with Crippen molar-refractivity contribution in [2.45, 2.75) is 25.9 Å². The van der Waals surface area contributed by atoms with Gasteiger partial charge in [0, 0.05) is 19.1 Å². The number of nitrogens with one attached hydrogen (secondary N) is 1. The molecule has 0 bridgehead atoms. The summed E-state index contributed by atoms with van der Waals surface area (Å²) in [5.41, 5.74) is 1.02. The molecule has 2 rings (SSSR count). The van der Waals surface area contributed by atoms with Gasteiger partial charge in [-0.1, -0.05) is 19.1 Å². The molecule has 4 heteroatoms. The minimum absolute atomic E-state index is 0.0252. The summed E-state index contributed by atoms with van der Waals surface area (Å²) in [4.78, 5) is 0. The summed E-state index contributed by atoms with van der Waals surface area (Å²) in [6.07, 6.45) is 2.13. The maximum atomic E-state index is 13.0. The van der Waals surface area contributed by atoms with E-state index in [1.807, 2.05) is 0 Å². The number of rotatable bonds is 8. The molecule has 20 heavy (non-hydrogen) atoms. The zero-order valence-corrected chi connectivity index (χ0v) is 12.1. The van der Waals surface area contributed by atoms with Crippen LogP contribution in [0, 0.1) is 11.7 Å². The standard InChI is InChI=1S/C16H24FNO2/c1-2-8-18-10-16(14-3-5-15(17)6-4-14)20-12-13-7-9-19-11-13/h3-6,13,16,18H,2,7-12H2,1H3. The average molecular weight is 281 g/mol. The molecular formula is C16H24FNO2. The molecule has 3 nitrogen and oxygen atoms in total. The quantitative estimate of drug-likeness (QED) is 0.743. The van der Waals surface area contributed by atoms with Crippen molar-refractivity contribution in [1.29, 1.82) is 0 Å². The fourth-order valence-corrected chi connectivity index (χ4v) is 2.33. The number of ether oxygens (including phenoxy) is 2. The summed E-state index contributed by atoms with van der Waals surface area (Å²) < 4.78 is 24.4. The van der Waals surface area contributed by atoms with Gasteiger partial charge in [-0.2, -0.15) is 0 Å². The molecule has 112 valence electrons. The highest BCUT2D eigenvalue weighted by Crippen LogP contribution is 2.21. The molecule has 1 aliphatic rings. The molecule has 2 unspecified atom stereocenters. The van der Waals surface area contributed by atoms with E-state index in [4.69, 9.17) is 9.47 Å². The molecule has 1 saturated heterocycles. The van der Waals surface area contributed by atoms with Gasteiger partial charge in [-0.15, -0.1) is 0 Å². The Morgan fingerprint density at radius 2 is 2.20 bits per heavy atom. The van der Waals surface area contributed by atoms with E-state index in [1.54, 1.807) is 12.1 Å². The van der Waals surface area contributed by atoms with Crippen LogP contribution in [0.4, 0.5) is 4.39 Å². The van der Waals surface area contributed by atoms with Gasteiger partial charge >= 0.3 is 0 Å². The molecule has 2 atom stereocenters. The largest absolute Gasteiger partial charge is 0.381 e. The second kappa shape index (κ2) is 8.35. The third-order valence-electron chi connectivity index (χ3n) is 3.56. The highest BCUT2D eigenvalue weighted by atomic mass is 19.1. The van der Waals surface area contributed by atoms with Crippen molar-refractivity contribution in [2.24, 2.45) is 5.92 Å². The fraction of sp³-hybridized carbons (Fsp3) is 0.625. The topological polar surface area (TPSA) is 30.5 Å². The van der Waals surface area contributed by atoms with E-state index in [1.165, 1.54) is 12.1 Å². The molecule has 0 aromatic heterocycles. The molecule has 0 spiro atoms. The predicted octanol–water partition coefficient (Wildman–Crippen LogP) is 2.92. The molecule has 1 N–H and O–H groups in total. The normalized spacial score (nSPS) is 20.2. The van der Waals surface area contributed by atoms with E-state index in [9.17, 15) is 4.39 Å². The first-order valence-corrected chi connectivity index (χ1v) is 7.45. The fourth-order valence-electron chi connectivity index (χ4n) is 2.33. The summed E-state index contributed by atoms with van der Waals surface area (Å²) in [7, 11) is 0. The third kappa shape index (κ3) is 4.85. The number of hydrogen-bond acceptors (Lipinski definition) is 3. The van der Waals surface area contributed by atoms with Crippen molar-refractivity contribution in [2.75, 3.05) is 32.9 Å². The maximum Gasteiger partial charge on any atom is 0.123 e. The Morgan fingerprint density at radius 1 is 1.40 bits per heavy atom. The summed E-state index contributed by atoms with van der Waals surface area (Å²) in [6, 6.07) is 6.59. The van der Waals surface area contributed by atoms with E-state index in [0.717, 1.165) is 44.7 Å². The lowest BCUT2D eigenvalue weighted by molar-refractivity contribution is 0.0254. The van der Waals surface area contributed by atoms with Crippen LogP contribution in [-0.4, -0.2) is 32.9 Å². The van der Waals surface area contributed by atoms with Gasteiger partial charge in [0.15, 0.2) is 0 Å². The Balaban J connectivity index is 1.90. The minimum atomic E-state index is -0.210. The monoisotopic (exact) mass is 281 g/mol. The molecule has 1 fully saturated rings. The Kier molecular flexibility index (Phi) is 6.43. The summed E-state index contributed by atoms with van der Waals surface area (Å²) >= 11 is 0. The zero-order chi connectivity index (χ0) is 14.2. The van der Waals surface area contributed by atoms with Crippen LogP contribution in [0.3, 0.4) is 0 Å². The lowest BCUT2D eigenvalue weighted by Gasteiger charge is -2.21. The van der Waals surface area contributed by atoms with Gasteiger partial charge in [-0.05, 0) is 37.1 Å². The first-order chi connectivity index (χ1) is 9.79. The summed E-state index contributed by atoms with van der Waals surface area (Å²) in [5, 5.41) is 3.37. The van der Waals surface area contributed by atoms with Crippen molar-refractivity contribution in [3.8, 4) is 0 Å². The van der Waals surface area contributed by atoms with Crippen LogP contribution in [0.15, 0.2) is 24.3 Å².